The Balaban J connectivity index is 1.45. The fraction of sp³-hybridized carbons (Fsp3) is 0.292. The fourth-order valence-electron chi connectivity index (χ4n) is 4.17. The van der Waals surface area contributed by atoms with Gasteiger partial charge in [0.25, 0.3) is 5.91 Å². The van der Waals surface area contributed by atoms with Crippen LogP contribution in [0.25, 0.3) is 22.4 Å². The van der Waals surface area contributed by atoms with Crippen molar-refractivity contribution in [2.45, 2.75) is 19.1 Å². The van der Waals surface area contributed by atoms with Crippen LogP contribution in [0.15, 0.2) is 47.3 Å². The molecular weight excluding hydrogens is 429 g/mol. The Labute approximate surface area is 188 Å². The van der Waals surface area contributed by atoms with Crippen LogP contribution in [0.1, 0.15) is 15.9 Å². The van der Waals surface area contributed by atoms with Crippen LogP contribution in [0.5, 0.6) is 5.88 Å². The molecule has 33 heavy (non-hydrogen) atoms. The third kappa shape index (κ3) is 4.24. The maximum atomic E-state index is 13.9. The van der Waals surface area contributed by atoms with Crippen LogP contribution in [0.2, 0.25) is 0 Å². The number of aromatic nitrogens is 2. The molecule has 8 nitrogen and oxygen atoms in total. The van der Waals surface area contributed by atoms with Crippen molar-refractivity contribution in [2.75, 3.05) is 26.4 Å². The van der Waals surface area contributed by atoms with Gasteiger partial charge in [-0.15, -0.1) is 0 Å². The Bertz CT molecular complexity index is 1280. The summed E-state index contributed by atoms with van der Waals surface area (Å²) < 4.78 is 32.2. The Morgan fingerprint density at radius 2 is 2.00 bits per heavy atom. The van der Waals surface area contributed by atoms with Crippen molar-refractivity contribution in [1.29, 1.82) is 0 Å². The van der Waals surface area contributed by atoms with Crippen LogP contribution in [0.3, 0.4) is 0 Å². The number of ether oxygens (including phenoxy) is 3. The number of amides is 1. The van der Waals surface area contributed by atoms with Gasteiger partial charge in [0, 0.05) is 18.2 Å². The first-order valence-corrected chi connectivity index (χ1v) is 10.7. The predicted molar refractivity (Wildman–Crippen MR) is 118 cm³/mol. The maximum absolute atomic E-state index is 13.9. The summed E-state index contributed by atoms with van der Waals surface area (Å²) in [6.07, 6.45) is 0.435. The Morgan fingerprint density at radius 3 is 2.79 bits per heavy atom. The minimum Gasteiger partial charge on any atom is -0.475 e. The highest BCUT2D eigenvalue weighted by Crippen LogP contribution is 2.33. The molecule has 0 radical (unpaired) electrons. The quantitative estimate of drug-likeness (QED) is 0.637. The molecule has 3 heterocycles. The van der Waals surface area contributed by atoms with Crippen LogP contribution in [-0.4, -0.2) is 48.0 Å². The van der Waals surface area contributed by atoms with Gasteiger partial charge in [0.05, 0.1) is 31.1 Å². The number of primary amides is 1. The average molecular weight is 451 g/mol. The van der Waals surface area contributed by atoms with E-state index in [1.807, 2.05) is 18.2 Å². The van der Waals surface area contributed by atoms with E-state index >= 15 is 0 Å². The summed E-state index contributed by atoms with van der Waals surface area (Å²) in [5.74, 6) is -1.23. The largest absolute Gasteiger partial charge is 0.475 e. The maximum Gasteiger partial charge on any atom is 0.351 e. The summed E-state index contributed by atoms with van der Waals surface area (Å²) in [5.41, 5.74) is 8.91. The molecule has 1 amide bonds. The summed E-state index contributed by atoms with van der Waals surface area (Å²) in [4.78, 5) is 28.2. The second-order valence-corrected chi connectivity index (χ2v) is 7.97. The van der Waals surface area contributed by atoms with Crippen molar-refractivity contribution < 1.29 is 23.4 Å². The molecule has 2 aliphatic rings. The van der Waals surface area contributed by atoms with Gasteiger partial charge < -0.3 is 19.9 Å². The highest BCUT2D eigenvalue weighted by Gasteiger charge is 2.21. The monoisotopic (exact) mass is 451 g/mol. The molecule has 0 saturated carbocycles. The first-order chi connectivity index (χ1) is 16.0. The molecule has 3 aromatic rings. The van der Waals surface area contributed by atoms with E-state index in [9.17, 15) is 14.0 Å². The highest BCUT2D eigenvalue weighted by atomic mass is 19.1. The van der Waals surface area contributed by atoms with Crippen LogP contribution in [0, 0.1) is 5.82 Å². The standard InChI is InChI=1S/C24H22FN3O5/c25-20-4-2-15(10-19(20)23(26)29)14-1-3-18-16(9-14)5-6-28-21(18)11-22(27-24(28)30)33-13-17-12-31-7-8-32-17/h1-4,9-11,17H,5-8,12-13H2,(H2,26,29). The van der Waals surface area contributed by atoms with E-state index in [-0.39, 0.29) is 29.8 Å². The van der Waals surface area contributed by atoms with E-state index in [1.165, 1.54) is 12.1 Å². The molecule has 0 aliphatic carbocycles. The van der Waals surface area contributed by atoms with E-state index < -0.39 is 11.7 Å². The molecular formula is C24H22FN3O5. The summed E-state index contributed by atoms with van der Waals surface area (Å²) in [7, 11) is 0. The first-order valence-electron chi connectivity index (χ1n) is 10.7. The van der Waals surface area contributed by atoms with Crippen molar-refractivity contribution in [3.63, 3.8) is 0 Å². The van der Waals surface area contributed by atoms with Crippen molar-refractivity contribution in [1.82, 2.24) is 9.55 Å². The van der Waals surface area contributed by atoms with Crippen molar-refractivity contribution in [3.8, 4) is 28.3 Å². The van der Waals surface area contributed by atoms with E-state index in [0.717, 1.165) is 22.4 Å². The number of hydrogen-bond acceptors (Lipinski definition) is 6. The second-order valence-electron chi connectivity index (χ2n) is 7.97. The molecule has 2 aliphatic heterocycles. The molecule has 170 valence electrons. The zero-order valence-corrected chi connectivity index (χ0v) is 17.8. The molecule has 9 heteroatoms. The molecule has 1 atom stereocenters. The zero-order chi connectivity index (χ0) is 22.9. The SMILES string of the molecule is NC(=O)c1cc(-c2ccc3c(c2)CCn2c-3cc(OCC3COCCO3)nc2=O)ccc1F. The van der Waals surface area contributed by atoms with Crippen molar-refractivity contribution >= 4 is 5.91 Å². The third-order valence-electron chi connectivity index (χ3n) is 5.84. The lowest BCUT2D eigenvalue weighted by molar-refractivity contribution is -0.102. The summed E-state index contributed by atoms with van der Waals surface area (Å²) in [5, 5.41) is 0. The van der Waals surface area contributed by atoms with Gasteiger partial charge in [0.1, 0.15) is 18.5 Å². The molecule has 1 saturated heterocycles. The smallest absolute Gasteiger partial charge is 0.351 e. The lowest BCUT2D eigenvalue weighted by atomic mass is 9.92. The van der Waals surface area contributed by atoms with Gasteiger partial charge in [-0.25, -0.2) is 9.18 Å². The van der Waals surface area contributed by atoms with E-state index in [4.69, 9.17) is 19.9 Å². The number of aryl methyl sites for hydroxylation is 1. The lowest BCUT2D eigenvalue weighted by Gasteiger charge is -2.24. The third-order valence-corrected chi connectivity index (χ3v) is 5.84. The number of fused-ring (bicyclic) bond motifs is 3. The number of hydrogen-bond donors (Lipinski definition) is 1. The van der Waals surface area contributed by atoms with Gasteiger partial charge in [-0.1, -0.05) is 24.3 Å². The molecule has 5 rings (SSSR count). The number of nitrogens with two attached hydrogens (primary N) is 1. The Morgan fingerprint density at radius 1 is 1.18 bits per heavy atom. The minimum atomic E-state index is -0.814. The van der Waals surface area contributed by atoms with Gasteiger partial charge in [-0.2, -0.15) is 4.98 Å². The van der Waals surface area contributed by atoms with E-state index in [0.29, 0.717) is 38.3 Å². The summed E-state index contributed by atoms with van der Waals surface area (Å²) >= 11 is 0. The van der Waals surface area contributed by atoms with E-state index in [1.54, 1.807) is 16.7 Å². The normalized spacial score (nSPS) is 17.2. The fourth-order valence-corrected chi connectivity index (χ4v) is 4.17. The van der Waals surface area contributed by atoms with Gasteiger partial charge in [-0.3, -0.25) is 9.36 Å². The van der Waals surface area contributed by atoms with Gasteiger partial charge in [0.15, 0.2) is 0 Å². The highest BCUT2D eigenvalue weighted by molar-refractivity contribution is 5.94. The predicted octanol–water partition coefficient (Wildman–Crippen LogP) is 2.17. The van der Waals surface area contributed by atoms with Crippen molar-refractivity contribution in [2.24, 2.45) is 5.73 Å². The first kappa shape index (κ1) is 21.3. The topological polar surface area (TPSA) is 106 Å². The Kier molecular flexibility index (Phi) is 5.65. The van der Waals surface area contributed by atoms with Crippen LogP contribution >= 0.6 is 0 Å². The number of rotatable bonds is 5. The molecule has 1 aromatic heterocycles. The molecule has 2 aromatic carbocycles. The van der Waals surface area contributed by atoms with Gasteiger partial charge in [0.2, 0.25) is 5.88 Å². The second kappa shape index (κ2) is 8.76. The minimum absolute atomic E-state index is 0.151. The van der Waals surface area contributed by atoms with Crippen LogP contribution < -0.4 is 16.2 Å². The number of carbonyl (C=O) groups excluding carboxylic acids is 1. The van der Waals surface area contributed by atoms with Gasteiger partial charge in [-0.05, 0) is 35.2 Å². The van der Waals surface area contributed by atoms with Crippen LogP contribution in [-0.2, 0) is 22.4 Å². The van der Waals surface area contributed by atoms with Crippen LogP contribution in [0.4, 0.5) is 4.39 Å². The molecule has 0 bridgehead atoms. The number of benzene rings is 2. The summed E-state index contributed by atoms with van der Waals surface area (Å²) in [6.45, 7) is 2.24. The number of carbonyl (C=O) groups is 1. The molecule has 2 N–H and O–H groups in total. The lowest BCUT2D eigenvalue weighted by Crippen LogP contribution is -2.34. The number of nitrogens with zero attached hydrogens (tertiary/aromatic N) is 2. The van der Waals surface area contributed by atoms with Crippen molar-refractivity contribution in [3.05, 3.63) is 69.9 Å². The average Bonchev–Trinajstić information content (AvgIpc) is 2.83. The zero-order valence-electron chi connectivity index (χ0n) is 17.8. The van der Waals surface area contributed by atoms with E-state index in [2.05, 4.69) is 4.98 Å². The Hall–Kier alpha value is -3.56. The number of halogens is 1. The molecule has 1 unspecified atom stereocenters. The summed E-state index contributed by atoms with van der Waals surface area (Å²) in [6, 6.07) is 11.8. The molecule has 1 fully saturated rings. The molecule has 0 spiro atoms. The van der Waals surface area contributed by atoms with Gasteiger partial charge >= 0.3 is 5.69 Å².